The average molecular weight is 257 g/mol. The van der Waals surface area contributed by atoms with Gasteiger partial charge in [-0.25, -0.2) is 14.8 Å². The molecule has 2 N–H and O–H groups in total. The second-order valence-electron chi connectivity index (χ2n) is 4.88. The molecule has 0 radical (unpaired) electrons. The van der Waals surface area contributed by atoms with Crippen LogP contribution in [0.4, 0.5) is 5.82 Å². The molecule has 0 aliphatic heterocycles. The lowest BCUT2D eigenvalue weighted by atomic mass is 10.2. The van der Waals surface area contributed by atoms with Crippen LogP contribution in [0.3, 0.4) is 0 Å². The van der Waals surface area contributed by atoms with Gasteiger partial charge in [-0.05, 0) is 24.5 Å². The summed E-state index contributed by atoms with van der Waals surface area (Å²) in [7, 11) is 0. The number of anilines is 1. The van der Waals surface area contributed by atoms with Crippen molar-refractivity contribution >= 4 is 22.7 Å². The number of carboxylic acids is 1. The number of fused-ring (bicyclic) bond motifs is 1. The SMILES string of the molecule is O=C(O)c1nc(NCCC2CC2)c2ccccc2n1. The van der Waals surface area contributed by atoms with Crippen molar-refractivity contribution in [2.45, 2.75) is 19.3 Å². The maximum Gasteiger partial charge on any atom is 0.374 e. The number of para-hydroxylation sites is 1. The summed E-state index contributed by atoms with van der Waals surface area (Å²) in [5.74, 6) is 0.187. The molecule has 1 fully saturated rings. The Balaban J connectivity index is 1.91. The van der Waals surface area contributed by atoms with Gasteiger partial charge in [-0.15, -0.1) is 0 Å². The number of aromatic nitrogens is 2. The Kier molecular flexibility index (Phi) is 3.03. The smallest absolute Gasteiger partial charge is 0.374 e. The number of rotatable bonds is 5. The first-order valence-electron chi connectivity index (χ1n) is 6.48. The van der Waals surface area contributed by atoms with Crippen molar-refractivity contribution in [1.82, 2.24) is 9.97 Å². The highest BCUT2D eigenvalue weighted by Gasteiger charge is 2.20. The molecule has 0 amide bonds. The van der Waals surface area contributed by atoms with E-state index >= 15 is 0 Å². The molecule has 3 rings (SSSR count). The Labute approximate surface area is 110 Å². The van der Waals surface area contributed by atoms with Crippen molar-refractivity contribution < 1.29 is 9.90 Å². The first-order valence-corrected chi connectivity index (χ1v) is 6.48. The van der Waals surface area contributed by atoms with Crippen LogP contribution < -0.4 is 5.32 Å². The molecule has 1 aliphatic rings. The maximum atomic E-state index is 11.0. The zero-order valence-corrected chi connectivity index (χ0v) is 10.5. The molecular weight excluding hydrogens is 242 g/mol. The van der Waals surface area contributed by atoms with Crippen molar-refractivity contribution in [3.8, 4) is 0 Å². The van der Waals surface area contributed by atoms with E-state index in [1.807, 2.05) is 18.2 Å². The van der Waals surface area contributed by atoms with Crippen LogP contribution >= 0.6 is 0 Å². The molecule has 1 heterocycles. The Morgan fingerprint density at radius 2 is 2.11 bits per heavy atom. The number of carboxylic acid groups (broad SMARTS) is 1. The minimum atomic E-state index is -1.10. The third-order valence-electron chi connectivity index (χ3n) is 3.34. The van der Waals surface area contributed by atoms with Crippen LogP contribution in [0.2, 0.25) is 0 Å². The zero-order valence-electron chi connectivity index (χ0n) is 10.5. The van der Waals surface area contributed by atoms with E-state index in [0.29, 0.717) is 11.3 Å². The van der Waals surface area contributed by atoms with Crippen molar-refractivity contribution in [2.24, 2.45) is 5.92 Å². The second-order valence-corrected chi connectivity index (χ2v) is 4.88. The highest BCUT2D eigenvalue weighted by molar-refractivity contribution is 5.93. The standard InChI is InChI=1S/C14H15N3O2/c18-14(19)13-16-11-4-2-1-3-10(11)12(17-13)15-8-7-9-5-6-9/h1-4,9H,5-8H2,(H,18,19)(H,15,16,17). The quantitative estimate of drug-likeness (QED) is 0.860. The van der Waals surface area contributed by atoms with Crippen molar-refractivity contribution in [3.63, 3.8) is 0 Å². The van der Waals surface area contributed by atoms with Gasteiger partial charge in [0.1, 0.15) is 5.82 Å². The van der Waals surface area contributed by atoms with E-state index < -0.39 is 5.97 Å². The minimum Gasteiger partial charge on any atom is -0.475 e. The molecule has 19 heavy (non-hydrogen) atoms. The summed E-state index contributed by atoms with van der Waals surface area (Å²) in [4.78, 5) is 19.2. The molecular formula is C14H15N3O2. The van der Waals surface area contributed by atoms with Crippen molar-refractivity contribution in [3.05, 3.63) is 30.1 Å². The van der Waals surface area contributed by atoms with E-state index in [2.05, 4.69) is 15.3 Å². The van der Waals surface area contributed by atoms with Crippen molar-refractivity contribution in [2.75, 3.05) is 11.9 Å². The summed E-state index contributed by atoms with van der Waals surface area (Å²) in [5.41, 5.74) is 0.656. The van der Waals surface area contributed by atoms with Crippen LogP contribution in [-0.2, 0) is 0 Å². The van der Waals surface area contributed by atoms with E-state index in [0.717, 1.165) is 24.3 Å². The van der Waals surface area contributed by atoms with Gasteiger partial charge in [-0.1, -0.05) is 25.0 Å². The third kappa shape index (κ3) is 2.65. The van der Waals surface area contributed by atoms with Gasteiger partial charge in [-0.2, -0.15) is 0 Å². The molecule has 0 saturated heterocycles. The van der Waals surface area contributed by atoms with Crippen LogP contribution in [0.1, 0.15) is 29.9 Å². The van der Waals surface area contributed by atoms with Gasteiger partial charge in [0.05, 0.1) is 5.52 Å². The van der Waals surface area contributed by atoms with E-state index in [4.69, 9.17) is 5.11 Å². The highest BCUT2D eigenvalue weighted by Crippen LogP contribution is 2.32. The monoisotopic (exact) mass is 257 g/mol. The van der Waals surface area contributed by atoms with Gasteiger partial charge in [0.25, 0.3) is 0 Å². The van der Waals surface area contributed by atoms with Gasteiger partial charge >= 0.3 is 5.97 Å². The molecule has 0 unspecified atom stereocenters. The molecule has 1 saturated carbocycles. The van der Waals surface area contributed by atoms with Gasteiger partial charge in [-0.3, -0.25) is 0 Å². The van der Waals surface area contributed by atoms with Crippen molar-refractivity contribution in [1.29, 1.82) is 0 Å². The average Bonchev–Trinajstić information content (AvgIpc) is 3.22. The fourth-order valence-corrected chi connectivity index (χ4v) is 2.11. The molecule has 0 atom stereocenters. The Hall–Kier alpha value is -2.17. The fourth-order valence-electron chi connectivity index (χ4n) is 2.11. The molecule has 1 aromatic carbocycles. The molecule has 5 nitrogen and oxygen atoms in total. The summed E-state index contributed by atoms with van der Waals surface area (Å²) in [6.45, 7) is 0.824. The predicted molar refractivity (Wildman–Crippen MR) is 72.3 cm³/mol. The fraction of sp³-hybridized carbons (Fsp3) is 0.357. The Morgan fingerprint density at radius 3 is 2.84 bits per heavy atom. The number of aromatic carboxylic acids is 1. The van der Waals surface area contributed by atoms with Gasteiger partial charge < -0.3 is 10.4 Å². The second kappa shape index (κ2) is 4.84. The molecule has 0 spiro atoms. The molecule has 1 aliphatic carbocycles. The topological polar surface area (TPSA) is 75.1 Å². The van der Waals surface area contributed by atoms with E-state index in [1.54, 1.807) is 6.07 Å². The number of hydrogen-bond donors (Lipinski definition) is 2. The van der Waals surface area contributed by atoms with Crippen LogP contribution in [0, 0.1) is 5.92 Å². The first-order chi connectivity index (χ1) is 9.24. The summed E-state index contributed by atoms with van der Waals surface area (Å²) >= 11 is 0. The highest BCUT2D eigenvalue weighted by atomic mass is 16.4. The van der Waals surface area contributed by atoms with Crippen LogP contribution in [-0.4, -0.2) is 27.6 Å². The lowest BCUT2D eigenvalue weighted by Gasteiger charge is -2.09. The van der Waals surface area contributed by atoms with Gasteiger partial charge in [0, 0.05) is 11.9 Å². The van der Waals surface area contributed by atoms with Gasteiger partial charge in [0.2, 0.25) is 5.82 Å². The number of carbonyl (C=O) groups is 1. The number of benzene rings is 1. The van der Waals surface area contributed by atoms with Crippen LogP contribution in [0.5, 0.6) is 0 Å². The zero-order chi connectivity index (χ0) is 13.2. The largest absolute Gasteiger partial charge is 0.475 e. The van der Waals surface area contributed by atoms with E-state index in [1.165, 1.54) is 12.8 Å². The minimum absolute atomic E-state index is 0.160. The summed E-state index contributed by atoms with van der Waals surface area (Å²) in [5, 5.41) is 13.1. The van der Waals surface area contributed by atoms with E-state index in [-0.39, 0.29) is 5.82 Å². The number of hydrogen-bond acceptors (Lipinski definition) is 4. The molecule has 0 bridgehead atoms. The van der Waals surface area contributed by atoms with Crippen LogP contribution in [0.15, 0.2) is 24.3 Å². The molecule has 2 aromatic rings. The predicted octanol–water partition coefficient (Wildman–Crippen LogP) is 2.54. The Bertz CT molecular complexity index is 623. The maximum absolute atomic E-state index is 11.0. The number of nitrogens with zero attached hydrogens (tertiary/aromatic N) is 2. The summed E-state index contributed by atoms with van der Waals surface area (Å²) < 4.78 is 0. The first kappa shape index (κ1) is 11.9. The molecule has 1 aromatic heterocycles. The summed E-state index contributed by atoms with van der Waals surface area (Å²) in [6.07, 6.45) is 3.74. The lowest BCUT2D eigenvalue weighted by molar-refractivity contribution is 0.0684. The lowest BCUT2D eigenvalue weighted by Crippen LogP contribution is -2.10. The molecule has 98 valence electrons. The Morgan fingerprint density at radius 1 is 1.32 bits per heavy atom. The van der Waals surface area contributed by atoms with Gasteiger partial charge in [0.15, 0.2) is 0 Å². The summed E-state index contributed by atoms with van der Waals surface area (Å²) in [6, 6.07) is 7.45. The third-order valence-corrected chi connectivity index (χ3v) is 3.34. The molecule has 5 heteroatoms. The van der Waals surface area contributed by atoms with Crippen LogP contribution in [0.25, 0.3) is 10.9 Å². The number of nitrogens with one attached hydrogen (secondary N) is 1. The van der Waals surface area contributed by atoms with E-state index in [9.17, 15) is 4.79 Å². The normalized spacial score (nSPS) is 14.5.